The molecule has 0 saturated carbocycles. The first-order valence-corrected chi connectivity index (χ1v) is 9.27. The molecule has 1 aromatic heterocycles. The molecule has 0 unspecified atom stereocenters. The summed E-state index contributed by atoms with van der Waals surface area (Å²) >= 11 is 0. The van der Waals surface area contributed by atoms with E-state index in [-0.39, 0.29) is 5.92 Å². The molecule has 0 radical (unpaired) electrons. The van der Waals surface area contributed by atoms with Gasteiger partial charge in [0.05, 0.1) is 11.1 Å². The zero-order valence-electron chi connectivity index (χ0n) is 16.3. The van der Waals surface area contributed by atoms with Crippen molar-refractivity contribution in [1.29, 1.82) is 0 Å². The molecule has 4 bridgehead atoms. The predicted molar refractivity (Wildman–Crippen MR) is 103 cm³/mol. The van der Waals surface area contributed by atoms with Crippen LogP contribution in [0.25, 0.3) is 6.08 Å². The number of hydrogen-bond acceptors (Lipinski definition) is 6. The molecule has 1 aromatic rings. The molecule has 0 saturated heterocycles. The second kappa shape index (κ2) is 8.00. The Bertz CT molecular complexity index is 885. The van der Waals surface area contributed by atoms with Gasteiger partial charge in [0.1, 0.15) is 23.7 Å². The number of esters is 2. The molecule has 2 aliphatic rings. The van der Waals surface area contributed by atoms with Crippen molar-refractivity contribution in [3.05, 3.63) is 52.5 Å². The van der Waals surface area contributed by atoms with Crippen LogP contribution in [0.2, 0.25) is 0 Å². The molecule has 0 amide bonds. The summed E-state index contributed by atoms with van der Waals surface area (Å²) in [6.45, 7) is 9.12. The van der Waals surface area contributed by atoms with E-state index in [1.54, 1.807) is 12.1 Å². The lowest BCUT2D eigenvalue weighted by atomic mass is 9.87. The van der Waals surface area contributed by atoms with Gasteiger partial charge in [0.25, 0.3) is 0 Å². The Hall–Kier alpha value is -2.89. The van der Waals surface area contributed by atoms with Gasteiger partial charge in [-0.05, 0) is 44.4 Å². The van der Waals surface area contributed by atoms with Gasteiger partial charge in [-0.2, -0.15) is 0 Å². The van der Waals surface area contributed by atoms with Gasteiger partial charge < -0.3 is 13.9 Å². The molecular formula is C22H24O6. The normalized spacial score (nSPS) is 26.5. The van der Waals surface area contributed by atoms with Crippen molar-refractivity contribution in [2.45, 2.75) is 52.2 Å². The molecule has 0 N–H and O–H groups in total. The smallest absolute Gasteiger partial charge is 0.338 e. The molecule has 2 aliphatic heterocycles. The first kappa shape index (κ1) is 19.9. The number of carbonyl (C=O) groups is 3. The van der Waals surface area contributed by atoms with Gasteiger partial charge in [0, 0.05) is 19.8 Å². The fourth-order valence-electron chi connectivity index (χ4n) is 3.64. The van der Waals surface area contributed by atoms with Crippen molar-refractivity contribution < 1.29 is 28.3 Å². The highest BCUT2D eigenvalue weighted by molar-refractivity contribution is 5.92. The van der Waals surface area contributed by atoms with Crippen molar-refractivity contribution in [2.24, 2.45) is 5.92 Å². The summed E-state index contributed by atoms with van der Waals surface area (Å²) in [5.74, 6) is 0.0503. The molecule has 28 heavy (non-hydrogen) atoms. The van der Waals surface area contributed by atoms with Crippen molar-refractivity contribution in [3.8, 4) is 0 Å². The third-order valence-electron chi connectivity index (χ3n) is 5.04. The Labute approximate surface area is 163 Å². The van der Waals surface area contributed by atoms with Crippen molar-refractivity contribution in [2.75, 3.05) is 0 Å². The average molecular weight is 384 g/mol. The van der Waals surface area contributed by atoms with Crippen LogP contribution in [0.5, 0.6) is 0 Å². The summed E-state index contributed by atoms with van der Waals surface area (Å²) in [5, 5.41) is 0. The summed E-state index contributed by atoms with van der Waals surface area (Å²) in [5.41, 5.74) is 2.62. The van der Waals surface area contributed by atoms with Crippen molar-refractivity contribution in [1.82, 2.24) is 0 Å². The van der Waals surface area contributed by atoms with Crippen LogP contribution in [0.1, 0.15) is 55.5 Å². The highest BCUT2D eigenvalue weighted by Gasteiger charge is 2.35. The Kier molecular flexibility index (Phi) is 5.68. The van der Waals surface area contributed by atoms with E-state index in [4.69, 9.17) is 13.9 Å². The molecule has 3 atom stereocenters. The molecule has 6 nitrogen and oxygen atoms in total. The van der Waals surface area contributed by atoms with Crippen LogP contribution >= 0.6 is 0 Å². The number of fused-ring (bicyclic) bond motifs is 3. The number of hydrogen-bond donors (Lipinski definition) is 0. The summed E-state index contributed by atoms with van der Waals surface area (Å²) in [4.78, 5) is 35.6. The number of allylic oxidation sites excluding steroid dienone is 1. The number of aldehydes is 1. The van der Waals surface area contributed by atoms with Gasteiger partial charge in [0.2, 0.25) is 0 Å². The topological polar surface area (TPSA) is 82.8 Å². The number of ether oxygens (including phenoxy) is 2. The fourth-order valence-corrected chi connectivity index (χ4v) is 3.64. The van der Waals surface area contributed by atoms with Gasteiger partial charge in [0.15, 0.2) is 6.29 Å². The van der Waals surface area contributed by atoms with E-state index in [1.807, 2.05) is 19.9 Å². The third kappa shape index (κ3) is 4.32. The summed E-state index contributed by atoms with van der Waals surface area (Å²) < 4.78 is 16.8. The number of rotatable bonds is 3. The van der Waals surface area contributed by atoms with Crippen LogP contribution in [0.3, 0.4) is 0 Å². The van der Waals surface area contributed by atoms with Crippen LogP contribution in [0.15, 0.2) is 39.9 Å². The average Bonchev–Trinajstić information content (AvgIpc) is 3.15. The minimum absolute atomic E-state index is 0.152. The highest BCUT2D eigenvalue weighted by Crippen LogP contribution is 2.32. The largest absolute Gasteiger partial charge is 0.461 e. The van der Waals surface area contributed by atoms with E-state index in [0.29, 0.717) is 41.9 Å². The van der Waals surface area contributed by atoms with E-state index >= 15 is 0 Å². The van der Waals surface area contributed by atoms with E-state index in [9.17, 15) is 14.4 Å². The first-order chi connectivity index (χ1) is 13.3. The highest BCUT2D eigenvalue weighted by atomic mass is 16.6. The molecule has 0 aromatic carbocycles. The minimum atomic E-state index is -0.740. The SMILES string of the molecule is C=C(C)[C@H]1Cc2oc(cc2C=O)/C=C(\C)C[C@@H]2C=C(C(=O)O2)[C@@H](OC(C)=O)C1. The van der Waals surface area contributed by atoms with Crippen LogP contribution in [-0.2, 0) is 25.5 Å². The Morgan fingerprint density at radius 2 is 2.07 bits per heavy atom. The third-order valence-corrected chi connectivity index (χ3v) is 5.04. The van der Waals surface area contributed by atoms with Crippen LogP contribution in [0.4, 0.5) is 0 Å². The van der Waals surface area contributed by atoms with E-state index in [1.165, 1.54) is 6.92 Å². The number of furan rings is 1. The van der Waals surface area contributed by atoms with Gasteiger partial charge in [-0.25, -0.2) is 4.79 Å². The van der Waals surface area contributed by atoms with E-state index < -0.39 is 24.1 Å². The van der Waals surface area contributed by atoms with E-state index in [0.717, 1.165) is 17.4 Å². The quantitative estimate of drug-likeness (QED) is 0.448. The van der Waals surface area contributed by atoms with Crippen molar-refractivity contribution >= 4 is 24.3 Å². The maximum atomic E-state index is 12.4. The first-order valence-electron chi connectivity index (χ1n) is 9.27. The standard InChI is InChI=1S/C22H24O6/c1-12(2)15-8-20-16(11-23)7-17(27-20)5-13(3)6-18-10-19(22(25)28-18)21(9-15)26-14(4)24/h5,7,10-11,15,18,21H,1,6,8-9H2,2-4H3/b13-5+/t15-,18+,21-/m0/s1. The predicted octanol–water partition coefficient (Wildman–Crippen LogP) is 3.81. The lowest BCUT2D eigenvalue weighted by molar-refractivity contribution is -0.147. The molecule has 0 aliphatic carbocycles. The molecule has 3 rings (SSSR count). The maximum Gasteiger partial charge on any atom is 0.338 e. The van der Waals surface area contributed by atoms with Gasteiger partial charge in [-0.3, -0.25) is 9.59 Å². The van der Waals surface area contributed by atoms with Gasteiger partial charge in [-0.1, -0.05) is 17.7 Å². The Morgan fingerprint density at radius 3 is 2.71 bits per heavy atom. The fraction of sp³-hybridized carbons (Fsp3) is 0.409. The molecule has 148 valence electrons. The molecule has 0 spiro atoms. The summed E-state index contributed by atoms with van der Waals surface area (Å²) in [7, 11) is 0. The van der Waals surface area contributed by atoms with Crippen molar-refractivity contribution in [3.63, 3.8) is 0 Å². The zero-order chi connectivity index (χ0) is 20.4. The van der Waals surface area contributed by atoms with Gasteiger partial charge in [-0.15, -0.1) is 0 Å². The van der Waals surface area contributed by atoms with Crippen LogP contribution in [-0.4, -0.2) is 30.4 Å². The maximum absolute atomic E-state index is 12.4. The van der Waals surface area contributed by atoms with Crippen LogP contribution < -0.4 is 0 Å². The lowest BCUT2D eigenvalue weighted by Crippen LogP contribution is -2.26. The minimum Gasteiger partial charge on any atom is -0.461 e. The lowest BCUT2D eigenvalue weighted by Gasteiger charge is -2.23. The van der Waals surface area contributed by atoms with E-state index in [2.05, 4.69) is 6.58 Å². The van der Waals surface area contributed by atoms with Gasteiger partial charge >= 0.3 is 11.9 Å². The zero-order valence-corrected chi connectivity index (χ0v) is 16.3. The number of carbonyl (C=O) groups excluding carboxylic acids is 3. The second-order valence-corrected chi connectivity index (χ2v) is 7.49. The molecular weight excluding hydrogens is 360 g/mol. The molecule has 6 heteroatoms. The monoisotopic (exact) mass is 384 g/mol. The Morgan fingerprint density at radius 1 is 1.32 bits per heavy atom. The molecule has 3 heterocycles. The Balaban J connectivity index is 2.07. The summed E-state index contributed by atoms with van der Waals surface area (Å²) in [6, 6.07) is 1.71. The van der Waals surface area contributed by atoms with Crippen LogP contribution in [0, 0.1) is 5.92 Å². The second-order valence-electron chi connectivity index (χ2n) is 7.49. The molecule has 0 fully saturated rings. The summed E-state index contributed by atoms with van der Waals surface area (Å²) in [6.07, 6.45) is 4.44.